The van der Waals surface area contributed by atoms with E-state index in [4.69, 9.17) is 0 Å². The molecule has 1 saturated carbocycles. The Labute approximate surface area is 67.6 Å². The van der Waals surface area contributed by atoms with E-state index >= 15 is 0 Å². The van der Waals surface area contributed by atoms with Crippen LogP contribution in [0.15, 0.2) is 0 Å². The highest BCUT2D eigenvalue weighted by atomic mass is 32.2. The highest BCUT2D eigenvalue weighted by molar-refractivity contribution is 7.87. The maximum Gasteiger partial charge on any atom is 0.523 e. The molecule has 1 aliphatic carbocycles. The minimum atomic E-state index is -5.35. The van der Waals surface area contributed by atoms with Crippen LogP contribution in [0, 0.1) is 5.92 Å². The molecule has 0 aromatic rings. The van der Waals surface area contributed by atoms with Crippen LogP contribution in [0.3, 0.4) is 0 Å². The van der Waals surface area contributed by atoms with Crippen LogP contribution in [0.4, 0.5) is 13.2 Å². The van der Waals surface area contributed by atoms with E-state index in [9.17, 15) is 21.6 Å². The van der Waals surface area contributed by atoms with Gasteiger partial charge in [-0.2, -0.15) is 21.6 Å². The lowest BCUT2D eigenvalue weighted by Crippen LogP contribution is -2.26. The number of hydrogen-bond donors (Lipinski definition) is 0. The molecule has 1 fully saturated rings. The molecule has 72 valence electrons. The molecule has 0 spiro atoms. The van der Waals surface area contributed by atoms with Gasteiger partial charge in [0.25, 0.3) is 0 Å². The fraction of sp³-hybridized carbons (Fsp3) is 1.00. The van der Waals surface area contributed by atoms with Crippen LogP contribution in [0.25, 0.3) is 0 Å². The molecule has 0 aliphatic heterocycles. The molecular formula is C5H7F3O3S. The average molecular weight is 204 g/mol. The summed E-state index contributed by atoms with van der Waals surface area (Å²) in [6.45, 7) is -0.345. The van der Waals surface area contributed by atoms with Crippen molar-refractivity contribution in [3.8, 4) is 0 Å². The number of halogens is 3. The second kappa shape index (κ2) is 2.88. The van der Waals surface area contributed by atoms with Crippen molar-refractivity contribution in [3.63, 3.8) is 0 Å². The van der Waals surface area contributed by atoms with Crippen LogP contribution in [0.1, 0.15) is 12.8 Å². The Morgan fingerprint density at radius 3 is 2.17 bits per heavy atom. The van der Waals surface area contributed by atoms with Crippen molar-refractivity contribution in [2.24, 2.45) is 5.92 Å². The maximum absolute atomic E-state index is 11.6. The normalized spacial score (nSPS) is 19.6. The van der Waals surface area contributed by atoms with E-state index < -0.39 is 15.6 Å². The van der Waals surface area contributed by atoms with Gasteiger partial charge in [-0.3, -0.25) is 4.18 Å². The van der Waals surface area contributed by atoms with Crippen molar-refractivity contribution in [2.75, 3.05) is 6.61 Å². The monoisotopic (exact) mass is 204 g/mol. The lowest BCUT2D eigenvalue weighted by molar-refractivity contribution is -0.0544. The second-order valence-corrected chi connectivity index (χ2v) is 4.23. The first-order valence-electron chi connectivity index (χ1n) is 3.28. The SMILES string of the molecule is O=S(=O)(OCC1CC1)C(F)(F)F. The lowest BCUT2D eigenvalue weighted by Gasteiger charge is -2.06. The molecule has 0 aromatic carbocycles. The van der Waals surface area contributed by atoms with Crippen molar-refractivity contribution in [3.05, 3.63) is 0 Å². The zero-order valence-corrected chi connectivity index (χ0v) is 6.78. The summed E-state index contributed by atoms with van der Waals surface area (Å²) >= 11 is 0. The third kappa shape index (κ3) is 2.34. The van der Waals surface area contributed by atoms with Gasteiger partial charge in [-0.15, -0.1) is 0 Å². The van der Waals surface area contributed by atoms with E-state index in [1.54, 1.807) is 0 Å². The van der Waals surface area contributed by atoms with E-state index in [0.29, 0.717) is 0 Å². The molecule has 0 unspecified atom stereocenters. The van der Waals surface area contributed by atoms with E-state index in [1.807, 2.05) is 0 Å². The summed E-state index contributed by atoms with van der Waals surface area (Å²) in [6, 6.07) is 0. The van der Waals surface area contributed by atoms with Crippen molar-refractivity contribution in [2.45, 2.75) is 18.3 Å². The highest BCUT2D eigenvalue weighted by Crippen LogP contribution is 2.32. The topological polar surface area (TPSA) is 43.4 Å². The summed E-state index contributed by atoms with van der Waals surface area (Å²) < 4.78 is 59.0. The minimum Gasteiger partial charge on any atom is -0.263 e. The molecule has 1 rings (SSSR count). The van der Waals surface area contributed by atoms with Crippen LogP contribution >= 0.6 is 0 Å². The molecule has 0 heterocycles. The molecule has 0 atom stereocenters. The fourth-order valence-corrected chi connectivity index (χ4v) is 1.04. The van der Waals surface area contributed by atoms with Crippen LogP contribution in [0.2, 0.25) is 0 Å². The van der Waals surface area contributed by atoms with Crippen LogP contribution < -0.4 is 0 Å². The van der Waals surface area contributed by atoms with Gasteiger partial charge in [0.05, 0.1) is 6.61 Å². The van der Waals surface area contributed by atoms with E-state index in [2.05, 4.69) is 4.18 Å². The number of rotatable bonds is 3. The van der Waals surface area contributed by atoms with Crippen molar-refractivity contribution in [1.82, 2.24) is 0 Å². The predicted molar refractivity (Wildman–Crippen MR) is 33.7 cm³/mol. The molecule has 0 aromatic heterocycles. The van der Waals surface area contributed by atoms with Gasteiger partial charge < -0.3 is 0 Å². The van der Waals surface area contributed by atoms with Crippen molar-refractivity contribution < 1.29 is 25.8 Å². The summed E-state index contributed by atoms with van der Waals surface area (Å²) in [6.07, 6.45) is 1.49. The Hall–Kier alpha value is -0.300. The van der Waals surface area contributed by atoms with Crippen LogP contribution in [0.5, 0.6) is 0 Å². The number of hydrogen-bond acceptors (Lipinski definition) is 3. The molecule has 3 nitrogen and oxygen atoms in total. The summed E-state index contributed by atoms with van der Waals surface area (Å²) in [5.41, 5.74) is -5.29. The molecule has 0 amide bonds. The van der Waals surface area contributed by atoms with Crippen molar-refractivity contribution in [1.29, 1.82) is 0 Å². The van der Waals surface area contributed by atoms with Gasteiger partial charge in [0, 0.05) is 0 Å². The van der Waals surface area contributed by atoms with Gasteiger partial charge >= 0.3 is 15.6 Å². The first kappa shape index (κ1) is 9.79. The average Bonchev–Trinajstić information content (AvgIpc) is 2.62. The van der Waals surface area contributed by atoms with Gasteiger partial charge in [-0.25, -0.2) is 0 Å². The van der Waals surface area contributed by atoms with Gasteiger partial charge in [0.1, 0.15) is 0 Å². The summed E-state index contributed by atoms with van der Waals surface area (Å²) in [5, 5.41) is 0. The molecule has 0 N–H and O–H groups in total. The predicted octanol–water partition coefficient (Wildman–Crippen LogP) is 1.26. The Balaban J connectivity index is 2.47. The standard InChI is InChI=1S/C5H7F3O3S/c6-5(7,8)12(9,10)11-3-4-1-2-4/h4H,1-3H2. The first-order chi connectivity index (χ1) is 5.33. The summed E-state index contributed by atoms with van der Waals surface area (Å²) in [7, 11) is -5.35. The molecule has 1 aliphatic rings. The number of alkyl halides is 3. The molecule has 0 saturated heterocycles. The van der Waals surface area contributed by atoms with Crippen molar-refractivity contribution >= 4 is 10.1 Å². The zero-order chi connectivity index (χ0) is 9.41. The molecule has 0 bridgehead atoms. The fourth-order valence-electron chi connectivity index (χ4n) is 0.537. The van der Waals surface area contributed by atoms with E-state index in [1.165, 1.54) is 0 Å². The largest absolute Gasteiger partial charge is 0.523 e. The van der Waals surface area contributed by atoms with Gasteiger partial charge in [0.2, 0.25) is 0 Å². The highest BCUT2D eigenvalue weighted by Gasteiger charge is 2.47. The van der Waals surface area contributed by atoms with E-state index in [0.717, 1.165) is 12.8 Å². The molecule has 0 radical (unpaired) electrons. The smallest absolute Gasteiger partial charge is 0.263 e. The molecular weight excluding hydrogens is 197 g/mol. The summed E-state index contributed by atoms with van der Waals surface area (Å²) in [5.74, 6) is -0.0119. The first-order valence-corrected chi connectivity index (χ1v) is 4.69. The second-order valence-electron chi connectivity index (χ2n) is 2.63. The Bertz CT molecular complexity index is 252. The quantitative estimate of drug-likeness (QED) is 0.513. The maximum atomic E-state index is 11.6. The Kier molecular flexibility index (Phi) is 2.35. The minimum absolute atomic E-state index is 0.0119. The van der Waals surface area contributed by atoms with Gasteiger partial charge in [0.15, 0.2) is 0 Å². The lowest BCUT2D eigenvalue weighted by atomic mass is 10.5. The molecule has 12 heavy (non-hydrogen) atoms. The third-order valence-corrected chi connectivity index (χ3v) is 2.45. The van der Waals surface area contributed by atoms with Crippen LogP contribution in [-0.2, 0) is 14.3 Å². The molecule has 7 heteroatoms. The third-order valence-electron chi connectivity index (χ3n) is 1.44. The van der Waals surface area contributed by atoms with Gasteiger partial charge in [-0.05, 0) is 18.8 Å². The van der Waals surface area contributed by atoms with Crippen LogP contribution in [-0.4, -0.2) is 20.5 Å². The Morgan fingerprint density at radius 2 is 1.83 bits per heavy atom. The van der Waals surface area contributed by atoms with Gasteiger partial charge in [-0.1, -0.05) is 0 Å². The summed E-state index contributed by atoms with van der Waals surface area (Å²) in [4.78, 5) is 0. The van der Waals surface area contributed by atoms with E-state index in [-0.39, 0.29) is 12.5 Å². The zero-order valence-electron chi connectivity index (χ0n) is 5.97. The Morgan fingerprint density at radius 1 is 1.33 bits per heavy atom.